The molecule has 0 fully saturated rings. The van der Waals surface area contributed by atoms with Crippen LogP contribution in [0, 0.1) is 0 Å². The molecule has 0 saturated carbocycles. The molecule has 0 spiro atoms. The molecule has 0 saturated heterocycles. The van der Waals surface area contributed by atoms with Gasteiger partial charge in [0.05, 0.1) is 12.0 Å². The summed E-state index contributed by atoms with van der Waals surface area (Å²) >= 11 is 0. The zero-order valence-electron chi connectivity index (χ0n) is 14.8. The van der Waals surface area contributed by atoms with E-state index in [0.29, 0.717) is 5.75 Å². The molecule has 8 nitrogen and oxygen atoms in total. The molecule has 0 bridgehead atoms. The summed E-state index contributed by atoms with van der Waals surface area (Å²) in [6.07, 6.45) is 1.17. The normalized spacial score (nSPS) is 11.4. The molecule has 1 N–H and O–H groups in total. The summed E-state index contributed by atoms with van der Waals surface area (Å²) in [4.78, 5) is 24.0. The van der Waals surface area contributed by atoms with Crippen molar-refractivity contribution >= 4 is 15.9 Å². The smallest absolute Gasteiger partial charge is 0.251 e. The number of carbonyl (C=O) groups excluding carboxylic acids is 1. The second-order valence-corrected chi connectivity index (χ2v) is 7.90. The quantitative estimate of drug-likeness (QED) is 0.752. The number of carbonyl (C=O) groups is 1. The van der Waals surface area contributed by atoms with Crippen molar-refractivity contribution in [2.75, 3.05) is 21.2 Å². The Bertz CT molecular complexity index is 934. The number of amides is 1. The summed E-state index contributed by atoms with van der Waals surface area (Å²) < 4.78 is 31.5. The zero-order chi connectivity index (χ0) is 19.3. The van der Waals surface area contributed by atoms with E-state index < -0.39 is 21.5 Å². The molecule has 26 heavy (non-hydrogen) atoms. The van der Waals surface area contributed by atoms with Crippen molar-refractivity contribution in [3.05, 3.63) is 58.5 Å². The lowest BCUT2D eigenvalue weighted by Gasteiger charge is -2.13. The molecular formula is C17H21N3O5S. The molecule has 140 valence electrons. The average molecular weight is 379 g/mol. The predicted molar refractivity (Wildman–Crippen MR) is 96.4 cm³/mol. The largest absolute Gasteiger partial charge is 0.497 e. The lowest BCUT2D eigenvalue weighted by Crippen LogP contribution is -2.32. The van der Waals surface area contributed by atoms with Crippen LogP contribution in [0.4, 0.5) is 0 Å². The molecule has 0 aliphatic rings. The number of hydrogen-bond donors (Lipinski definition) is 1. The highest BCUT2D eigenvalue weighted by Crippen LogP contribution is 2.11. The SMILES string of the molecule is COc1ccc(CNC(=O)Cn2cc(S(=O)(=O)N(C)C)ccc2=O)cc1. The number of hydrogen-bond acceptors (Lipinski definition) is 5. The van der Waals surface area contributed by atoms with Crippen molar-refractivity contribution in [1.82, 2.24) is 14.2 Å². The van der Waals surface area contributed by atoms with Crippen molar-refractivity contribution in [3.63, 3.8) is 0 Å². The molecule has 1 heterocycles. The minimum absolute atomic E-state index is 0.0509. The molecule has 1 aromatic carbocycles. The number of ether oxygens (including phenoxy) is 1. The van der Waals surface area contributed by atoms with Crippen LogP contribution in [-0.2, 0) is 27.9 Å². The van der Waals surface area contributed by atoms with Crippen molar-refractivity contribution < 1.29 is 17.9 Å². The standard InChI is InChI=1S/C17H21N3O5S/c1-19(2)26(23,24)15-8-9-17(22)20(11-15)12-16(21)18-10-13-4-6-14(25-3)7-5-13/h4-9,11H,10,12H2,1-3H3,(H,18,21). The van der Waals surface area contributed by atoms with Gasteiger partial charge in [-0.2, -0.15) is 0 Å². The fourth-order valence-electron chi connectivity index (χ4n) is 2.15. The third-order valence-corrected chi connectivity index (χ3v) is 5.50. The molecule has 0 atom stereocenters. The third-order valence-electron chi connectivity index (χ3n) is 3.70. The number of sulfonamides is 1. The minimum atomic E-state index is -3.68. The van der Waals surface area contributed by atoms with Crippen LogP contribution in [-0.4, -0.2) is 44.4 Å². The van der Waals surface area contributed by atoms with Crippen LogP contribution in [0.1, 0.15) is 5.56 Å². The van der Waals surface area contributed by atoms with Gasteiger partial charge in [-0.3, -0.25) is 9.59 Å². The molecule has 9 heteroatoms. The number of rotatable bonds is 7. The Hall–Kier alpha value is -2.65. The Kier molecular flexibility index (Phi) is 6.17. The van der Waals surface area contributed by atoms with Crippen LogP contribution in [0.25, 0.3) is 0 Å². The van der Waals surface area contributed by atoms with E-state index in [-0.39, 0.29) is 18.0 Å². The maximum Gasteiger partial charge on any atom is 0.251 e. The fraction of sp³-hybridized carbons (Fsp3) is 0.294. The van der Waals surface area contributed by atoms with Crippen LogP contribution in [0.2, 0.25) is 0 Å². The summed E-state index contributed by atoms with van der Waals surface area (Å²) in [5.74, 6) is 0.313. The van der Waals surface area contributed by atoms with Crippen molar-refractivity contribution in [1.29, 1.82) is 0 Å². The Morgan fingerprint density at radius 1 is 1.15 bits per heavy atom. The maximum atomic E-state index is 12.1. The first-order chi connectivity index (χ1) is 12.2. The van der Waals surface area contributed by atoms with Gasteiger partial charge in [-0.1, -0.05) is 12.1 Å². The van der Waals surface area contributed by atoms with Gasteiger partial charge < -0.3 is 14.6 Å². The number of benzene rings is 1. The molecule has 2 rings (SSSR count). The lowest BCUT2D eigenvalue weighted by molar-refractivity contribution is -0.121. The van der Waals surface area contributed by atoms with Gasteiger partial charge in [0, 0.05) is 32.9 Å². The van der Waals surface area contributed by atoms with E-state index in [4.69, 9.17) is 4.74 Å². The topological polar surface area (TPSA) is 97.7 Å². The van der Waals surface area contributed by atoms with E-state index in [1.807, 2.05) is 12.1 Å². The van der Waals surface area contributed by atoms with E-state index in [0.717, 1.165) is 20.5 Å². The van der Waals surface area contributed by atoms with Crippen LogP contribution in [0.3, 0.4) is 0 Å². The first-order valence-electron chi connectivity index (χ1n) is 7.76. The van der Waals surface area contributed by atoms with Crippen LogP contribution >= 0.6 is 0 Å². The highest BCUT2D eigenvalue weighted by Gasteiger charge is 2.18. The van der Waals surface area contributed by atoms with E-state index in [9.17, 15) is 18.0 Å². The van der Waals surface area contributed by atoms with Gasteiger partial charge >= 0.3 is 0 Å². The number of aromatic nitrogens is 1. The molecule has 0 unspecified atom stereocenters. The van der Waals surface area contributed by atoms with Crippen molar-refractivity contribution in [2.24, 2.45) is 0 Å². The van der Waals surface area contributed by atoms with Gasteiger partial charge in [-0.15, -0.1) is 0 Å². The molecular weight excluding hydrogens is 358 g/mol. The van der Waals surface area contributed by atoms with Gasteiger partial charge in [0.25, 0.3) is 5.56 Å². The number of nitrogens with zero attached hydrogens (tertiary/aromatic N) is 2. The first-order valence-corrected chi connectivity index (χ1v) is 9.20. The van der Waals surface area contributed by atoms with E-state index in [2.05, 4.69) is 5.32 Å². The van der Waals surface area contributed by atoms with E-state index in [1.165, 1.54) is 26.4 Å². The summed E-state index contributed by atoms with van der Waals surface area (Å²) in [7, 11) is 0.675. The van der Waals surface area contributed by atoms with Crippen molar-refractivity contribution in [3.8, 4) is 5.75 Å². The molecule has 1 amide bonds. The molecule has 0 radical (unpaired) electrons. The summed E-state index contributed by atoms with van der Waals surface area (Å²) in [5, 5.41) is 2.69. The van der Waals surface area contributed by atoms with Gasteiger partial charge in [0.2, 0.25) is 15.9 Å². The highest BCUT2D eigenvalue weighted by molar-refractivity contribution is 7.89. The predicted octanol–water partition coefficient (Wildman–Crippen LogP) is 0.424. The van der Waals surface area contributed by atoms with Gasteiger partial charge in [-0.25, -0.2) is 12.7 Å². The van der Waals surface area contributed by atoms with Crippen LogP contribution < -0.4 is 15.6 Å². The third kappa shape index (κ3) is 4.70. The minimum Gasteiger partial charge on any atom is -0.497 e. The van der Waals surface area contributed by atoms with E-state index in [1.54, 1.807) is 19.2 Å². The Morgan fingerprint density at radius 3 is 2.38 bits per heavy atom. The van der Waals surface area contributed by atoms with Crippen LogP contribution in [0.5, 0.6) is 5.75 Å². The highest BCUT2D eigenvalue weighted by atomic mass is 32.2. The molecule has 0 aliphatic carbocycles. The Labute approximate surface area is 152 Å². The second kappa shape index (κ2) is 8.15. The maximum absolute atomic E-state index is 12.1. The van der Waals surface area contributed by atoms with Gasteiger partial charge in [0.1, 0.15) is 12.3 Å². The number of methoxy groups -OCH3 is 1. The van der Waals surface area contributed by atoms with E-state index >= 15 is 0 Å². The summed E-state index contributed by atoms with van der Waals surface area (Å²) in [6, 6.07) is 9.55. The van der Waals surface area contributed by atoms with Crippen molar-refractivity contribution in [2.45, 2.75) is 18.0 Å². The summed E-state index contributed by atoms with van der Waals surface area (Å²) in [6.45, 7) is 0.0129. The first kappa shape index (κ1) is 19.7. The zero-order valence-corrected chi connectivity index (χ0v) is 15.6. The molecule has 0 aliphatic heterocycles. The average Bonchev–Trinajstić information content (AvgIpc) is 2.62. The Morgan fingerprint density at radius 2 is 1.81 bits per heavy atom. The van der Waals surface area contributed by atoms with Crippen LogP contribution in [0.15, 0.2) is 52.3 Å². The number of pyridine rings is 1. The molecule has 1 aromatic heterocycles. The Balaban J connectivity index is 2.07. The van der Waals surface area contributed by atoms with Gasteiger partial charge in [0.15, 0.2) is 0 Å². The monoisotopic (exact) mass is 379 g/mol. The molecule has 2 aromatic rings. The lowest BCUT2D eigenvalue weighted by atomic mass is 10.2. The second-order valence-electron chi connectivity index (χ2n) is 5.74. The van der Waals surface area contributed by atoms with Gasteiger partial charge in [-0.05, 0) is 23.8 Å². The summed E-state index contributed by atoms with van der Waals surface area (Å²) in [5.41, 5.74) is 0.415. The number of nitrogens with one attached hydrogen (secondary N) is 1. The fourth-order valence-corrected chi connectivity index (χ4v) is 3.07.